The van der Waals surface area contributed by atoms with Crippen LogP contribution in [-0.4, -0.2) is 69.7 Å². The summed E-state index contributed by atoms with van der Waals surface area (Å²) in [5.74, 6) is -4.70. The van der Waals surface area contributed by atoms with Gasteiger partial charge in [0.15, 0.2) is 0 Å². The van der Waals surface area contributed by atoms with Crippen molar-refractivity contribution < 1.29 is 55.3 Å². The molecule has 1 saturated heterocycles. The fourth-order valence-corrected chi connectivity index (χ4v) is 3.46. The van der Waals surface area contributed by atoms with Gasteiger partial charge in [0, 0.05) is 43.7 Å². The van der Waals surface area contributed by atoms with Crippen LogP contribution in [0.5, 0.6) is 0 Å². The number of carbonyl (C=O) groups is 2. The van der Waals surface area contributed by atoms with Crippen LogP contribution in [0, 0.1) is 5.92 Å². The number of halogens is 6. The molecular weight excluding hydrogens is 514 g/mol. The van der Waals surface area contributed by atoms with E-state index in [0.717, 1.165) is 38.5 Å². The van der Waals surface area contributed by atoms with E-state index in [0.29, 0.717) is 12.1 Å². The first-order valence-electron chi connectivity index (χ1n) is 11.1. The molecular formula is C23H26F6N2O6. The van der Waals surface area contributed by atoms with E-state index in [-0.39, 0.29) is 0 Å². The maximum Gasteiger partial charge on any atom is 0.490 e. The highest BCUT2D eigenvalue weighted by molar-refractivity contribution is 5.73. The Morgan fingerprint density at radius 3 is 2.11 bits per heavy atom. The number of pyridine rings is 1. The number of furan rings is 1. The average molecular weight is 540 g/mol. The predicted octanol–water partition coefficient (Wildman–Crippen LogP) is 4.55. The van der Waals surface area contributed by atoms with Crippen molar-refractivity contribution in [2.24, 2.45) is 5.92 Å². The number of rotatable bonds is 7. The van der Waals surface area contributed by atoms with Crippen molar-refractivity contribution in [3.63, 3.8) is 0 Å². The van der Waals surface area contributed by atoms with E-state index in [9.17, 15) is 26.3 Å². The lowest BCUT2D eigenvalue weighted by Crippen LogP contribution is -2.38. The van der Waals surface area contributed by atoms with Crippen LogP contribution in [0.4, 0.5) is 26.3 Å². The van der Waals surface area contributed by atoms with Crippen LogP contribution >= 0.6 is 0 Å². The number of hydrogen-bond acceptors (Lipinski definition) is 6. The van der Waals surface area contributed by atoms with Gasteiger partial charge in [-0.05, 0) is 49.3 Å². The molecule has 206 valence electrons. The number of carboxylic acid groups (broad SMARTS) is 2. The molecule has 2 fully saturated rings. The fraction of sp³-hybridized carbons (Fsp3) is 0.522. The van der Waals surface area contributed by atoms with Crippen LogP contribution in [0.25, 0.3) is 0 Å². The van der Waals surface area contributed by atoms with Gasteiger partial charge < -0.3 is 19.4 Å². The number of aromatic nitrogens is 1. The Labute approximate surface area is 207 Å². The molecule has 0 radical (unpaired) electrons. The molecule has 14 heteroatoms. The number of nitrogens with zero attached hydrogens (tertiary/aromatic N) is 2. The molecule has 2 aromatic rings. The lowest BCUT2D eigenvalue weighted by atomic mass is 10.0. The molecule has 1 saturated carbocycles. The quantitative estimate of drug-likeness (QED) is 0.492. The van der Waals surface area contributed by atoms with Crippen molar-refractivity contribution in [1.29, 1.82) is 0 Å². The maximum atomic E-state index is 10.6. The molecule has 0 bridgehead atoms. The van der Waals surface area contributed by atoms with E-state index in [1.165, 1.54) is 24.0 Å². The van der Waals surface area contributed by atoms with Gasteiger partial charge in [0.25, 0.3) is 0 Å². The zero-order chi connectivity index (χ0) is 27.6. The second kappa shape index (κ2) is 13.4. The highest BCUT2D eigenvalue weighted by Crippen LogP contribution is 2.32. The standard InChI is InChI=1S/C19H24N2O2.2C2HF3O2/c1-2-16(11-20-7-1)10-18-19(23-14-15-3-4-15)5-8-21(18)12-17-6-9-22-13-17;2*3-2(4,5)1(6)7/h1-2,6-7,9,11,13,15,18-19H,3-5,8,10,12,14H2;2*(H,6,7)/t18-,19-;;/m0../s1. The summed E-state index contributed by atoms with van der Waals surface area (Å²) in [6.07, 6.45) is 2.40. The minimum Gasteiger partial charge on any atom is -0.475 e. The first kappa shape index (κ1) is 30.1. The van der Waals surface area contributed by atoms with E-state index in [4.69, 9.17) is 29.0 Å². The topological polar surface area (TPSA) is 113 Å². The second-order valence-electron chi connectivity index (χ2n) is 8.44. The molecule has 37 heavy (non-hydrogen) atoms. The Kier molecular flexibility index (Phi) is 10.9. The molecule has 0 amide bonds. The van der Waals surface area contributed by atoms with Crippen LogP contribution in [0.15, 0.2) is 47.5 Å². The molecule has 0 unspecified atom stereocenters. The number of hydrogen-bond donors (Lipinski definition) is 2. The van der Waals surface area contributed by atoms with E-state index in [2.05, 4.69) is 22.0 Å². The molecule has 3 heterocycles. The number of likely N-dealkylation sites (tertiary alicyclic amines) is 1. The van der Waals surface area contributed by atoms with Gasteiger partial charge in [-0.25, -0.2) is 9.59 Å². The minimum absolute atomic E-state index is 0.336. The van der Waals surface area contributed by atoms with E-state index in [1.54, 1.807) is 6.26 Å². The zero-order valence-electron chi connectivity index (χ0n) is 19.4. The molecule has 1 aliphatic heterocycles. The summed E-state index contributed by atoms with van der Waals surface area (Å²) < 4.78 is 75.0. The van der Waals surface area contributed by atoms with Gasteiger partial charge in [0.2, 0.25) is 0 Å². The Morgan fingerprint density at radius 2 is 1.65 bits per heavy atom. The van der Waals surface area contributed by atoms with Crippen LogP contribution in [0.3, 0.4) is 0 Å². The summed E-state index contributed by atoms with van der Waals surface area (Å²) in [6, 6.07) is 6.66. The monoisotopic (exact) mass is 540 g/mol. The molecule has 0 aromatic carbocycles. The molecule has 2 atom stereocenters. The van der Waals surface area contributed by atoms with Gasteiger partial charge in [0.1, 0.15) is 0 Å². The van der Waals surface area contributed by atoms with E-state index < -0.39 is 24.3 Å². The third-order valence-corrected chi connectivity index (χ3v) is 5.46. The number of carboxylic acids is 2. The third kappa shape index (κ3) is 11.2. The van der Waals surface area contributed by atoms with Gasteiger partial charge in [-0.15, -0.1) is 0 Å². The number of aliphatic carboxylic acids is 2. The van der Waals surface area contributed by atoms with Crippen LogP contribution in [0.1, 0.15) is 30.4 Å². The SMILES string of the molecule is O=C(O)C(F)(F)F.O=C(O)C(F)(F)F.c1cncc(C[C@H]2[C@@H](OCC3CC3)CCN2Cc2ccoc2)c1. The number of alkyl halides is 6. The molecule has 1 aliphatic carbocycles. The first-order valence-corrected chi connectivity index (χ1v) is 11.1. The summed E-state index contributed by atoms with van der Waals surface area (Å²) in [4.78, 5) is 24.6. The second-order valence-corrected chi connectivity index (χ2v) is 8.44. The average Bonchev–Trinajstić information content (AvgIpc) is 3.36. The highest BCUT2D eigenvalue weighted by Gasteiger charge is 2.39. The van der Waals surface area contributed by atoms with E-state index in [1.807, 2.05) is 24.7 Å². The van der Waals surface area contributed by atoms with Crippen LogP contribution < -0.4 is 0 Å². The van der Waals surface area contributed by atoms with Crippen molar-refractivity contribution in [2.75, 3.05) is 13.2 Å². The summed E-state index contributed by atoms with van der Waals surface area (Å²) in [5, 5.41) is 14.2. The third-order valence-electron chi connectivity index (χ3n) is 5.46. The minimum atomic E-state index is -5.08. The molecule has 4 rings (SSSR count). The Hall–Kier alpha value is -3.13. The Bertz CT molecular complexity index is 940. The van der Waals surface area contributed by atoms with Crippen LogP contribution in [-0.2, 0) is 27.3 Å². The van der Waals surface area contributed by atoms with Gasteiger partial charge in [-0.1, -0.05) is 6.07 Å². The maximum absolute atomic E-state index is 10.6. The highest BCUT2D eigenvalue weighted by atomic mass is 19.4. The normalized spacial score (nSPS) is 19.8. The molecule has 2 N–H and O–H groups in total. The van der Waals surface area contributed by atoms with Crippen molar-refractivity contribution in [3.05, 3.63) is 54.2 Å². The lowest BCUT2D eigenvalue weighted by Gasteiger charge is -2.28. The lowest BCUT2D eigenvalue weighted by molar-refractivity contribution is -0.193. The summed E-state index contributed by atoms with van der Waals surface area (Å²) in [5.41, 5.74) is 2.53. The van der Waals surface area contributed by atoms with Gasteiger partial charge in [0.05, 0.1) is 18.6 Å². The molecule has 8 nitrogen and oxygen atoms in total. The Morgan fingerprint density at radius 1 is 1.03 bits per heavy atom. The van der Waals surface area contributed by atoms with Crippen molar-refractivity contribution in [1.82, 2.24) is 9.88 Å². The smallest absolute Gasteiger partial charge is 0.475 e. The largest absolute Gasteiger partial charge is 0.490 e. The first-order chi connectivity index (χ1) is 17.3. The van der Waals surface area contributed by atoms with Gasteiger partial charge in [-0.2, -0.15) is 26.3 Å². The van der Waals surface area contributed by atoms with Gasteiger partial charge in [-0.3, -0.25) is 9.88 Å². The zero-order valence-corrected chi connectivity index (χ0v) is 19.4. The summed E-state index contributed by atoms with van der Waals surface area (Å²) in [6.45, 7) is 2.96. The number of ether oxygens (including phenoxy) is 1. The van der Waals surface area contributed by atoms with Crippen molar-refractivity contribution in [3.8, 4) is 0 Å². The van der Waals surface area contributed by atoms with Crippen molar-refractivity contribution >= 4 is 11.9 Å². The van der Waals surface area contributed by atoms with Gasteiger partial charge >= 0.3 is 24.3 Å². The van der Waals surface area contributed by atoms with Crippen molar-refractivity contribution in [2.45, 2.75) is 56.7 Å². The molecule has 0 spiro atoms. The summed E-state index contributed by atoms with van der Waals surface area (Å²) >= 11 is 0. The molecule has 2 aromatic heterocycles. The van der Waals surface area contributed by atoms with Crippen LogP contribution in [0.2, 0.25) is 0 Å². The predicted molar refractivity (Wildman–Crippen MR) is 115 cm³/mol. The molecule has 2 aliphatic rings. The Balaban J connectivity index is 0.000000286. The summed E-state index contributed by atoms with van der Waals surface area (Å²) in [7, 11) is 0. The van der Waals surface area contributed by atoms with E-state index >= 15 is 0 Å². The fourth-order valence-electron chi connectivity index (χ4n) is 3.46.